The highest BCUT2D eigenvalue weighted by molar-refractivity contribution is 7.91. The third-order valence-electron chi connectivity index (χ3n) is 5.13. The van der Waals surface area contributed by atoms with Crippen molar-refractivity contribution >= 4 is 43.1 Å². The quantitative estimate of drug-likeness (QED) is 0.453. The second-order valence-corrected chi connectivity index (χ2v) is 11.1. The molecule has 7 nitrogen and oxygen atoms in total. The first-order valence-corrected chi connectivity index (χ1v) is 12.7. The first kappa shape index (κ1) is 22.2. The molecule has 0 bridgehead atoms. The number of benzene rings is 2. The summed E-state index contributed by atoms with van der Waals surface area (Å²) in [6, 6.07) is 12.4. The van der Waals surface area contributed by atoms with Gasteiger partial charge in [-0.05, 0) is 55.7 Å². The minimum absolute atomic E-state index is 0.0427. The average Bonchev–Trinajstić information content (AvgIpc) is 3.31. The summed E-state index contributed by atoms with van der Waals surface area (Å²) in [5.74, 6) is 0.373. The van der Waals surface area contributed by atoms with E-state index in [-0.39, 0.29) is 23.0 Å². The zero-order valence-corrected chi connectivity index (χ0v) is 20.0. The lowest BCUT2D eigenvalue weighted by Gasteiger charge is -2.07. The molecular formula is C23H24N4O3S2. The Bertz CT molecular complexity index is 1420. The van der Waals surface area contributed by atoms with Crippen LogP contribution in [-0.4, -0.2) is 34.8 Å². The normalized spacial score (nSPS) is 11.8. The molecule has 0 aliphatic rings. The number of hydrogen-bond acceptors (Lipinski definition) is 6. The van der Waals surface area contributed by atoms with Crippen LogP contribution in [0.2, 0.25) is 0 Å². The number of nitrogens with zero attached hydrogens (tertiary/aromatic N) is 3. The monoisotopic (exact) mass is 468 g/mol. The van der Waals surface area contributed by atoms with Crippen LogP contribution in [0.4, 0.5) is 5.82 Å². The number of amides is 1. The van der Waals surface area contributed by atoms with Crippen molar-refractivity contribution in [1.29, 1.82) is 0 Å². The van der Waals surface area contributed by atoms with Crippen molar-refractivity contribution in [2.75, 3.05) is 11.1 Å². The molecule has 2 aromatic heterocycles. The van der Waals surface area contributed by atoms with E-state index in [9.17, 15) is 13.2 Å². The number of carbonyl (C=O) groups is 1. The first-order valence-electron chi connectivity index (χ1n) is 10.2. The summed E-state index contributed by atoms with van der Waals surface area (Å²) in [5.41, 5.74) is 4.70. The predicted molar refractivity (Wildman–Crippen MR) is 127 cm³/mol. The summed E-state index contributed by atoms with van der Waals surface area (Å²) in [4.78, 5) is 17.7. The predicted octanol–water partition coefficient (Wildman–Crippen LogP) is 4.38. The van der Waals surface area contributed by atoms with Crippen LogP contribution in [0, 0.1) is 20.8 Å². The van der Waals surface area contributed by atoms with Crippen LogP contribution in [0.15, 0.2) is 47.4 Å². The van der Waals surface area contributed by atoms with E-state index in [4.69, 9.17) is 4.98 Å². The standard InChI is InChI=1S/C23H24N4O3S2/c1-5-32(29,30)18-8-6-17(7-9-18)13-21(28)24-20-12-16(4)26-27(20)23-25-22-15(3)10-14(2)11-19(22)31-23/h6-12H,5,13H2,1-4H3,(H,24,28). The summed E-state index contributed by atoms with van der Waals surface area (Å²) in [5, 5.41) is 8.12. The van der Waals surface area contributed by atoms with E-state index >= 15 is 0 Å². The fourth-order valence-electron chi connectivity index (χ4n) is 3.54. The second kappa shape index (κ2) is 8.48. The summed E-state index contributed by atoms with van der Waals surface area (Å²) >= 11 is 1.52. The molecule has 0 aliphatic heterocycles. The third kappa shape index (κ3) is 4.44. The number of thiazole rings is 1. The fraction of sp³-hybridized carbons (Fsp3) is 0.261. The van der Waals surface area contributed by atoms with Crippen LogP contribution in [0.1, 0.15) is 29.3 Å². The Labute approximate surface area is 191 Å². The fourth-order valence-corrected chi connectivity index (χ4v) is 5.53. The smallest absolute Gasteiger partial charge is 0.229 e. The topological polar surface area (TPSA) is 94.0 Å². The minimum Gasteiger partial charge on any atom is -0.310 e. The van der Waals surface area contributed by atoms with Gasteiger partial charge in [0.25, 0.3) is 0 Å². The van der Waals surface area contributed by atoms with Gasteiger partial charge >= 0.3 is 0 Å². The molecule has 0 aliphatic carbocycles. The van der Waals surface area contributed by atoms with Crippen LogP contribution in [0.3, 0.4) is 0 Å². The lowest BCUT2D eigenvalue weighted by Crippen LogP contribution is -2.17. The van der Waals surface area contributed by atoms with E-state index in [0.29, 0.717) is 10.9 Å². The van der Waals surface area contributed by atoms with E-state index in [2.05, 4.69) is 29.5 Å². The molecule has 0 radical (unpaired) electrons. The zero-order chi connectivity index (χ0) is 23.0. The largest absolute Gasteiger partial charge is 0.310 e. The van der Waals surface area contributed by atoms with Gasteiger partial charge in [-0.25, -0.2) is 13.4 Å². The van der Waals surface area contributed by atoms with Gasteiger partial charge in [0, 0.05) is 6.07 Å². The Morgan fingerprint density at radius 3 is 2.50 bits per heavy atom. The van der Waals surface area contributed by atoms with Gasteiger partial charge in [-0.3, -0.25) is 4.79 Å². The lowest BCUT2D eigenvalue weighted by atomic mass is 10.1. The molecule has 0 saturated carbocycles. The molecule has 2 heterocycles. The Morgan fingerprint density at radius 1 is 1.09 bits per heavy atom. The van der Waals surface area contributed by atoms with Crippen molar-refractivity contribution in [2.24, 2.45) is 0 Å². The van der Waals surface area contributed by atoms with E-state index in [1.165, 1.54) is 16.9 Å². The minimum atomic E-state index is -3.26. The first-order chi connectivity index (χ1) is 15.2. The number of aryl methyl sites for hydroxylation is 3. The van der Waals surface area contributed by atoms with Crippen LogP contribution in [0.5, 0.6) is 0 Å². The molecule has 2 aromatic carbocycles. The molecular weight excluding hydrogens is 444 g/mol. The average molecular weight is 469 g/mol. The lowest BCUT2D eigenvalue weighted by molar-refractivity contribution is -0.115. The van der Waals surface area contributed by atoms with Gasteiger partial charge in [-0.15, -0.1) is 0 Å². The zero-order valence-electron chi connectivity index (χ0n) is 18.3. The molecule has 166 valence electrons. The molecule has 1 amide bonds. The summed E-state index contributed by atoms with van der Waals surface area (Å²) in [7, 11) is -3.26. The highest BCUT2D eigenvalue weighted by Crippen LogP contribution is 2.30. The maximum absolute atomic E-state index is 12.7. The molecule has 1 N–H and O–H groups in total. The number of nitrogens with one attached hydrogen (secondary N) is 1. The number of hydrogen-bond donors (Lipinski definition) is 1. The molecule has 4 aromatic rings. The molecule has 0 atom stereocenters. The maximum Gasteiger partial charge on any atom is 0.229 e. The number of rotatable bonds is 6. The molecule has 0 spiro atoms. The molecule has 32 heavy (non-hydrogen) atoms. The van der Waals surface area contributed by atoms with Gasteiger partial charge in [0.05, 0.1) is 33.0 Å². The number of sulfone groups is 1. The van der Waals surface area contributed by atoms with Crippen molar-refractivity contribution in [1.82, 2.24) is 14.8 Å². The number of carbonyl (C=O) groups excluding carboxylic acids is 1. The van der Waals surface area contributed by atoms with Gasteiger partial charge in [0.2, 0.25) is 11.0 Å². The van der Waals surface area contributed by atoms with Crippen molar-refractivity contribution in [2.45, 2.75) is 39.0 Å². The van der Waals surface area contributed by atoms with Crippen molar-refractivity contribution in [3.8, 4) is 5.13 Å². The SMILES string of the molecule is CCS(=O)(=O)c1ccc(CC(=O)Nc2cc(C)nn2-c2nc3c(C)cc(C)cc3s2)cc1. The Hall–Kier alpha value is -3.04. The molecule has 9 heteroatoms. The third-order valence-corrected chi connectivity index (χ3v) is 7.85. The van der Waals surface area contributed by atoms with E-state index in [1.54, 1.807) is 41.9 Å². The molecule has 0 saturated heterocycles. The van der Waals surface area contributed by atoms with Gasteiger partial charge in [-0.2, -0.15) is 9.78 Å². The van der Waals surface area contributed by atoms with Crippen molar-refractivity contribution in [3.05, 3.63) is 64.8 Å². The Kier molecular flexibility index (Phi) is 5.87. The van der Waals surface area contributed by atoms with Crippen LogP contribution < -0.4 is 5.32 Å². The van der Waals surface area contributed by atoms with Crippen LogP contribution in [0.25, 0.3) is 15.3 Å². The highest BCUT2D eigenvalue weighted by atomic mass is 32.2. The summed E-state index contributed by atoms with van der Waals surface area (Å²) in [6.07, 6.45) is 0.120. The van der Waals surface area contributed by atoms with Crippen molar-refractivity contribution in [3.63, 3.8) is 0 Å². The number of aromatic nitrogens is 3. The second-order valence-electron chi connectivity index (χ2n) is 7.78. The van der Waals surface area contributed by atoms with E-state index in [0.717, 1.165) is 27.0 Å². The van der Waals surface area contributed by atoms with Gasteiger partial charge in [-0.1, -0.05) is 36.5 Å². The van der Waals surface area contributed by atoms with Gasteiger partial charge in [0.1, 0.15) is 5.82 Å². The van der Waals surface area contributed by atoms with Gasteiger partial charge in [0.15, 0.2) is 9.84 Å². The molecule has 4 rings (SSSR count). The van der Waals surface area contributed by atoms with Crippen LogP contribution in [-0.2, 0) is 21.1 Å². The van der Waals surface area contributed by atoms with E-state index in [1.807, 2.05) is 13.8 Å². The van der Waals surface area contributed by atoms with Crippen molar-refractivity contribution < 1.29 is 13.2 Å². The molecule has 0 fully saturated rings. The number of fused-ring (bicyclic) bond motifs is 1. The van der Waals surface area contributed by atoms with E-state index < -0.39 is 9.84 Å². The van der Waals surface area contributed by atoms with Crippen LogP contribution >= 0.6 is 11.3 Å². The van der Waals surface area contributed by atoms with Gasteiger partial charge < -0.3 is 5.32 Å². The molecule has 0 unspecified atom stereocenters. The number of anilines is 1. The summed E-state index contributed by atoms with van der Waals surface area (Å²) < 4.78 is 26.7. The Balaban J connectivity index is 1.56. The Morgan fingerprint density at radius 2 is 1.81 bits per heavy atom. The summed E-state index contributed by atoms with van der Waals surface area (Å²) in [6.45, 7) is 7.56. The highest BCUT2D eigenvalue weighted by Gasteiger charge is 2.16. The maximum atomic E-state index is 12.7.